The maximum Gasteiger partial charge on any atom is 0.408 e. The molecule has 0 saturated heterocycles. The predicted molar refractivity (Wildman–Crippen MR) is 123 cm³/mol. The van der Waals surface area contributed by atoms with Gasteiger partial charge < -0.3 is 20.5 Å². The van der Waals surface area contributed by atoms with E-state index in [1.807, 2.05) is 6.92 Å². The summed E-state index contributed by atoms with van der Waals surface area (Å²) in [5.74, 6) is -1.33. The van der Waals surface area contributed by atoms with E-state index in [2.05, 4.69) is 16.7 Å². The van der Waals surface area contributed by atoms with Gasteiger partial charge in [0.1, 0.15) is 17.4 Å². The summed E-state index contributed by atoms with van der Waals surface area (Å²) in [5.41, 5.74) is -0.00296. The first kappa shape index (κ1) is 26.8. The lowest BCUT2D eigenvalue weighted by atomic mass is 10.00. The number of nitrogens with one attached hydrogen (secondary N) is 2. The summed E-state index contributed by atoms with van der Waals surface area (Å²) in [6, 6.07) is 4.82. The van der Waals surface area contributed by atoms with Crippen LogP contribution in [0.1, 0.15) is 71.0 Å². The van der Waals surface area contributed by atoms with Crippen molar-refractivity contribution in [3.05, 3.63) is 29.3 Å². The third-order valence-corrected chi connectivity index (χ3v) is 4.63. The van der Waals surface area contributed by atoms with Gasteiger partial charge in [0, 0.05) is 18.2 Å². The third kappa shape index (κ3) is 7.80. The summed E-state index contributed by atoms with van der Waals surface area (Å²) in [5, 5.41) is 15.8. The van der Waals surface area contributed by atoms with Crippen molar-refractivity contribution >= 4 is 17.9 Å². The Kier molecular flexibility index (Phi) is 10.0. The zero-order valence-corrected chi connectivity index (χ0v) is 19.8. The van der Waals surface area contributed by atoms with E-state index in [9.17, 15) is 19.5 Å². The van der Waals surface area contributed by atoms with Crippen LogP contribution >= 0.6 is 0 Å². The molecular weight excluding hydrogens is 410 g/mol. The number of phenolic OH excluding ortho intramolecular Hbond substituents is 1. The highest BCUT2D eigenvalue weighted by atomic mass is 16.6. The number of hydrogen-bond donors (Lipinski definition) is 3. The number of phenols is 1. The molecule has 1 rings (SSSR count). The van der Waals surface area contributed by atoms with Crippen molar-refractivity contribution in [2.75, 3.05) is 6.54 Å². The number of terminal acetylenes is 1. The molecule has 3 N–H and O–H groups in total. The second kappa shape index (κ2) is 12.0. The summed E-state index contributed by atoms with van der Waals surface area (Å²) in [6.45, 7) is 10.7. The average Bonchev–Trinajstić information content (AvgIpc) is 2.69. The first-order valence-electron chi connectivity index (χ1n) is 10.8. The van der Waals surface area contributed by atoms with Gasteiger partial charge in [-0.15, -0.1) is 0 Å². The van der Waals surface area contributed by atoms with Crippen molar-refractivity contribution in [1.82, 2.24) is 15.5 Å². The van der Waals surface area contributed by atoms with Gasteiger partial charge in [0.25, 0.3) is 5.91 Å². The first-order valence-corrected chi connectivity index (χ1v) is 10.8. The van der Waals surface area contributed by atoms with Crippen LogP contribution in [0, 0.1) is 19.4 Å². The maximum atomic E-state index is 13.1. The second-order valence-electron chi connectivity index (χ2n) is 8.62. The molecule has 0 aliphatic heterocycles. The minimum Gasteiger partial charge on any atom is -0.507 e. The topological polar surface area (TPSA) is 108 Å². The summed E-state index contributed by atoms with van der Waals surface area (Å²) >= 11 is 0. The molecule has 176 valence electrons. The summed E-state index contributed by atoms with van der Waals surface area (Å²) in [7, 11) is 0. The average molecular weight is 446 g/mol. The molecule has 0 heterocycles. The van der Waals surface area contributed by atoms with Crippen LogP contribution in [-0.2, 0) is 14.3 Å². The molecule has 0 radical (unpaired) electrons. The van der Waals surface area contributed by atoms with E-state index in [1.54, 1.807) is 45.9 Å². The monoisotopic (exact) mass is 445 g/mol. The minimum absolute atomic E-state index is 0.123. The molecule has 0 aliphatic carbocycles. The van der Waals surface area contributed by atoms with Gasteiger partial charge in [-0.3, -0.25) is 14.5 Å². The lowest BCUT2D eigenvalue weighted by Gasteiger charge is -2.29. The van der Waals surface area contributed by atoms with E-state index in [0.29, 0.717) is 12.1 Å². The first-order chi connectivity index (χ1) is 14.9. The van der Waals surface area contributed by atoms with Gasteiger partial charge in [-0.05, 0) is 46.6 Å². The molecule has 0 saturated carbocycles. The quantitative estimate of drug-likeness (QED) is 0.307. The van der Waals surface area contributed by atoms with Gasteiger partial charge >= 0.3 is 6.09 Å². The van der Waals surface area contributed by atoms with Crippen molar-refractivity contribution in [3.8, 4) is 18.2 Å². The predicted octanol–water partition coefficient (Wildman–Crippen LogP) is 3.38. The van der Waals surface area contributed by atoms with Crippen LogP contribution in [0.25, 0.3) is 0 Å². The Morgan fingerprint density at radius 3 is 2.47 bits per heavy atom. The Morgan fingerprint density at radius 1 is 1.25 bits per heavy atom. The molecule has 0 fully saturated rings. The molecule has 2 unspecified atom stereocenters. The molecule has 0 aliphatic rings. The molecule has 32 heavy (non-hydrogen) atoms. The fourth-order valence-corrected chi connectivity index (χ4v) is 3.00. The number of carbonyl (C=O) groups is 3. The molecule has 2 atom stereocenters. The van der Waals surface area contributed by atoms with Crippen LogP contribution in [0.15, 0.2) is 18.2 Å². The molecule has 3 amide bonds. The Hall–Kier alpha value is -3.21. The summed E-state index contributed by atoms with van der Waals surface area (Å²) < 4.78 is 5.18. The molecule has 8 heteroatoms. The second-order valence-corrected chi connectivity index (χ2v) is 8.62. The van der Waals surface area contributed by atoms with Crippen molar-refractivity contribution in [3.63, 3.8) is 0 Å². The minimum atomic E-state index is -1.27. The lowest BCUT2D eigenvalue weighted by Crippen LogP contribution is -2.50. The van der Waals surface area contributed by atoms with E-state index in [-0.39, 0.29) is 11.3 Å². The molecule has 0 aromatic heterocycles. The molecule has 1 aromatic rings. The standard InChI is InChI=1S/C24H35N3O5/c1-8-10-11-15-25-21(29)19(18-14-12-13-16(3)20(18)28)27(9-2)22(30)17(4)26-23(31)32-24(5,6)7/h2,12-14,17,19,28H,8,10-11,15H2,1,3-7H3,(H,25,29)(H,26,31). The summed E-state index contributed by atoms with van der Waals surface area (Å²) in [6.07, 6.45) is 7.55. The van der Waals surface area contributed by atoms with Crippen LogP contribution in [0.3, 0.4) is 0 Å². The number of aryl methyl sites for hydroxylation is 1. The Morgan fingerprint density at radius 2 is 1.91 bits per heavy atom. The number of hydrogen-bond acceptors (Lipinski definition) is 5. The van der Waals surface area contributed by atoms with E-state index in [1.165, 1.54) is 6.92 Å². The van der Waals surface area contributed by atoms with Gasteiger partial charge in [0.2, 0.25) is 5.91 Å². The van der Waals surface area contributed by atoms with E-state index < -0.39 is 35.6 Å². The highest BCUT2D eigenvalue weighted by Crippen LogP contribution is 2.31. The Labute approximate surface area is 190 Å². The number of unbranched alkanes of at least 4 members (excludes halogenated alkanes) is 2. The number of alkyl carbamates (subject to hydrolysis) is 1. The largest absolute Gasteiger partial charge is 0.507 e. The number of aromatic hydroxyl groups is 1. The van der Waals surface area contributed by atoms with Crippen molar-refractivity contribution in [2.24, 2.45) is 0 Å². The number of amides is 3. The molecule has 1 aromatic carbocycles. The highest BCUT2D eigenvalue weighted by molar-refractivity contribution is 5.93. The van der Waals surface area contributed by atoms with Gasteiger partial charge in [-0.2, -0.15) is 0 Å². The van der Waals surface area contributed by atoms with Crippen LogP contribution in [0.2, 0.25) is 0 Å². The van der Waals surface area contributed by atoms with E-state index >= 15 is 0 Å². The normalized spacial score (nSPS) is 12.8. The number of ether oxygens (including phenoxy) is 1. The Balaban J connectivity index is 3.20. The van der Waals surface area contributed by atoms with Crippen LogP contribution < -0.4 is 10.6 Å². The van der Waals surface area contributed by atoms with E-state index in [4.69, 9.17) is 11.2 Å². The number of carbonyl (C=O) groups excluding carboxylic acids is 3. The highest BCUT2D eigenvalue weighted by Gasteiger charge is 2.35. The number of para-hydroxylation sites is 1. The number of benzene rings is 1. The van der Waals surface area contributed by atoms with Crippen LogP contribution in [-0.4, -0.2) is 46.1 Å². The van der Waals surface area contributed by atoms with Crippen molar-refractivity contribution in [2.45, 2.75) is 78.5 Å². The molecule has 8 nitrogen and oxygen atoms in total. The fourth-order valence-electron chi connectivity index (χ4n) is 3.00. The van der Waals surface area contributed by atoms with Crippen LogP contribution in [0.5, 0.6) is 5.75 Å². The smallest absolute Gasteiger partial charge is 0.408 e. The summed E-state index contributed by atoms with van der Waals surface area (Å²) in [4.78, 5) is 39.2. The molecular formula is C24H35N3O5. The van der Waals surface area contributed by atoms with Crippen molar-refractivity contribution in [1.29, 1.82) is 0 Å². The van der Waals surface area contributed by atoms with Gasteiger partial charge in [0.05, 0.1) is 0 Å². The zero-order valence-electron chi connectivity index (χ0n) is 19.8. The lowest BCUT2D eigenvalue weighted by molar-refractivity contribution is -0.138. The van der Waals surface area contributed by atoms with Crippen molar-refractivity contribution < 1.29 is 24.2 Å². The number of rotatable bonds is 9. The zero-order chi connectivity index (χ0) is 24.5. The van der Waals surface area contributed by atoms with Gasteiger partial charge in [-0.25, -0.2) is 4.79 Å². The van der Waals surface area contributed by atoms with Gasteiger partial charge in [-0.1, -0.05) is 44.4 Å². The third-order valence-electron chi connectivity index (χ3n) is 4.63. The fraction of sp³-hybridized carbons (Fsp3) is 0.542. The molecule has 0 spiro atoms. The maximum absolute atomic E-state index is 13.1. The number of nitrogens with zero attached hydrogens (tertiary/aromatic N) is 1. The Bertz CT molecular complexity index is 854. The van der Waals surface area contributed by atoms with Gasteiger partial charge in [0.15, 0.2) is 6.04 Å². The molecule has 0 bridgehead atoms. The SMILES string of the molecule is C#CN(C(=O)C(C)NC(=O)OC(C)(C)C)C(C(=O)NCCCCC)c1cccc(C)c1O. The van der Waals surface area contributed by atoms with E-state index in [0.717, 1.165) is 24.2 Å². The van der Waals surface area contributed by atoms with Crippen LogP contribution in [0.4, 0.5) is 4.79 Å².